The number of methoxy groups -OCH3 is 1. The van der Waals surface area contributed by atoms with Crippen molar-refractivity contribution in [2.45, 2.75) is 19.8 Å². The quantitative estimate of drug-likeness (QED) is 0.400. The summed E-state index contributed by atoms with van der Waals surface area (Å²) in [5.41, 5.74) is 3.42. The molecule has 0 aliphatic rings. The summed E-state index contributed by atoms with van der Waals surface area (Å²) in [6, 6.07) is 8.07. The maximum Gasteiger partial charge on any atom is 0.259 e. The Bertz CT molecular complexity index is 1200. The largest absolute Gasteiger partial charge is 0.385 e. The molecule has 4 aromatic rings. The molecular weight excluding hydrogens is 420 g/mol. The first-order valence-corrected chi connectivity index (χ1v) is 10.6. The van der Waals surface area contributed by atoms with Crippen molar-refractivity contribution in [3.63, 3.8) is 0 Å². The predicted molar refractivity (Wildman–Crippen MR) is 126 cm³/mol. The molecule has 0 saturated carbocycles. The highest BCUT2D eigenvalue weighted by molar-refractivity contribution is 7.17. The summed E-state index contributed by atoms with van der Waals surface area (Å²) in [5, 5.41) is 7.16. The molecular formula is C22H25ClN4O2S. The molecule has 0 saturated heterocycles. The molecule has 30 heavy (non-hydrogen) atoms. The lowest BCUT2D eigenvalue weighted by Gasteiger charge is -2.09. The molecule has 8 heteroatoms. The number of nitrogens with one attached hydrogen (secondary N) is 2. The Morgan fingerprint density at radius 1 is 1.23 bits per heavy atom. The molecule has 0 amide bonds. The lowest BCUT2D eigenvalue weighted by Crippen LogP contribution is -2.20. The van der Waals surface area contributed by atoms with Gasteiger partial charge in [0.1, 0.15) is 5.69 Å². The number of H-pyrrole nitrogens is 1. The maximum atomic E-state index is 12.8. The SMILES string of the molecule is COCCCNCCc1cc(C)c2nc(-c3cc4sccc4cn3)[nH]c(=O)c2c1.Cl. The van der Waals surface area contributed by atoms with Crippen molar-refractivity contribution in [3.05, 3.63) is 57.3 Å². The van der Waals surface area contributed by atoms with Crippen molar-refractivity contribution < 1.29 is 4.74 Å². The zero-order valence-corrected chi connectivity index (χ0v) is 18.7. The van der Waals surface area contributed by atoms with Crippen LogP contribution in [0.2, 0.25) is 0 Å². The summed E-state index contributed by atoms with van der Waals surface area (Å²) in [6.45, 7) is 4.56. The van der Waals surface area contributed by atoms with Crippen LogP contribution in [0.5, 0.6) is 0 Å². The minimum atomic E-state index is -0.129. The Kier molecular flexibility index (Phi) is 7.55. The van der Waals surface area contributed by atoms with Gasteiger partial charge in [-0.1, -0.05) is 6.07 Å². The van der Waals surface area contributed by atoms with Gasteiger partial charge in [0.15, 0.2) is 5.82 Å². The Balaban J connectivity index is 0.00000256. The number of rotatable bonds is 8. The maximum absolute atomic E-state index is 12.8. The molecule has 3 aromatic heterocycles. The highest BCUT2D eigenvalue weighted by atomic mass is 35.5. The number of aryl methyl sites for hydroxylation is 1. The number of thiophene rings is 1. The molecule has 158 valence electrons. The zero-order chi connectivity index (χ0) is 20.2. The van der Waals surface area contributed by atoms with E-state index in [1.807, 2.05) is 36.7 Å². The minimum absolute atomic E-state index is 0. The van der Waals surface area contributed by atoms with E-state index in [0.717, 1.165) is 59.3 Å². The summed E-state index contributed by atoms with van der Waals surface area (Å²) >= 11 is 1.65. The molecule has 0 atom stereocenters. The summed E-state index contributed by atoms with van der Waals surface area (Å²) in [5.74, 6) is 0.508. The molecule has 0 aliphatic carbocycles. The highest BCUT2D eigenvalue weighted by Gasteiger charge is 2.11. The zero-order valence-electron chi connectivity index (χ0n) is 17.0. The van der Waals surface area contributed by atoms with E-state index >= 15 is 0 Å². The van der Waals surface area contributed by atoms with Crippen molar-refractivity contribution in [2.75, 3.05) is 26.8 Å². The minimum Gasteiger partial charge on any atom is -0.385 e. The molecule has 0 aliphatic heterocycles. The molecule has 3 heterocycles. The van der Waals surface area contributed by atoms with Gasteiger partial charge in [-0.25, -0.2) is 4.98 Å². The van der Waals surface area contributed by atoms with Crippen molar-refractivity contribution in [2.24, 2.45) is 0 Å². The standard InChI is InChI=1S/C22H24N4O2S.ClH/c1-14-10-15(4-7-23-6-3-8-28-2)11-17-20(14)25-21(26-22(17)27)18-12-19-16(13-24-18)5-9-29-19;/h5,9-13,23H,3-4,6-8H2,1-2H3,(H,25,26,27);1H. The molecule has 0 unspecified atom stereocenters. The molecule has 2 N–H and O–H groups in total. The number of pyridine rings is 1. The second kappa shape index (κ2) is 10.1. The Hall–Kier alpha value is -2.32. The first-order valence-electron chi connectivity index (χ1n) is 9.72. The van der Waals surface area contributed by atoms with Crippen molar-refractivity contribution >= 4 is 44.7 Å². The summed E-state index contributed by atoms with van der Waals surface area (Å²) in [7, 11) is 1.71. The van der Waals surface area contributed by atoms with Crippen LogP contribution in [0.4, 0.5) is 0 Å². The van der Waals surface area contributed by atoms with Gasteiger partial charge in [-0.2, -0.15) is 0 Å². The normalized spacial score (nSPS) is 11.1. The second-order valence-corrected chi connectivity index (χ2v) is 8.05. The van der Waals surface area contributed by atoms with Gasteiger partial charge < -0.3 is 15.0 Å². The molecule has 0 bridgehead atoms. The predicted octanol–water partition coefficient (Wildman–Crippen LogP) is 4.10. The van der Waals surface area contributed by atoms with Gasteiger partial charge in [0.25, 0.3) is 5.56 Å². The fourth-order valence-corrected chi connectivity index (χ4v) is 4.24. The number of fused-ring (bicyclic) bond motifs is 2. The number of hydrogen-bond acceptors (Lipinski definition) is 6. The Morgan fingerprint density at radius 2 is 2.10 bits per heavy atom. The van der Waals surface area contributed by atoms with Crippen LogP contribution in [-0.4, -0.2) is 41.8 Å². The number of aromatic nitrogens is 3. The van der Waals surface area contributed by atoms with E-state index in [1.54, 1.807) is 18.4 Å². The van der Waals surface area contributed by atoms with Crippen LogP contribution in [0, 0.1) is 6.92 Å². The van der Waals surface area contributed by atoms with Crippen LogP contribution >= 0.6 is 23.7 Å². The van der Waals surface area contributed by atoms with Crippen molar-refractivity contribution in [3.8, 4) is 11.5 Å². The first kappa shape index (κ1) is 22.4. The van der Waals surface area contributed by atoms with E-state index in [0.29, 0.717) is 16.9 Å². The number of ether oxygens (including phenoxy) is 1. The van der Waals surface area contributed by atoms with E-state index < -0.39 is 0 Å². The summed E-state index contributed by atoms with van der Waals surface area (Å²) < 4.78 is 6.18. The van der Waals surface area contributed by atoms with Crippen LogP contribution in [0.15, 0.2) is 40.6 Å². The highest BCUT2D eigenvalue weighted by Crippen LogP contribution is 2.25. The summed E-state index contributed by atoms with van der Waals surface area (Å²) in [6.07, 6.45) is 3.67. The number of halogens is 1. The number of nitrogens with zero attached hydrogens (tertiary/aromatic N) is 2. The lowest BCUT2D eigenvalue weighted by atomic mass is 10.0. The fourth-order valence-electron chi connectivity index (χ4n) is 3.44. The van der Waals surface area contributed by atoms with Crippen LogP contribution < -0.4 is 10.9 Å². The van der Waals surface area contributed by atoms with Gasteiger partial charge in [-0.3, -0.25) is 9.78 Å². The average Bonchev–Trinajstić information content (AvgIpc) is 3.19. The average molecular weight is 445 g/mol. The number of hydrogen-bond donors (Lipinski definition) is 2. The van der Waals surface area contributed by atoms with E-state index in [-0.39, 0.29) is 18.0 Å². The third-order valence-corrected chi connectivity index (χ3v) is 5.81. The van der Waals surface area contributed by atoms with Crippen LogP contribution in [0.1, 0.15) is 17.5 Å². The first-order chi connectivity index (χ1) is 14.2. The second-order valence-electron chi connectivity index (χ2n) is 7.10. The molecule has 0 spiro atoms. The monoisotopic (exact) mass is 444 g/mol. The molecule has 0 radical (unpaired) electrons. The topological polar surface area (TPSA) is 79.9 Å². The number of benzene rings is 1. The Labute approximate surface area is 185 Å². The third kappa shape index (κ3) is 4.87. The van der Waals surface area contributed by atoms with Crippen LogP contribution in [0.25, 0.3) is 32.5 Å². The third-order valence-electron chi connectivity index (χ3n) is 4.93. The summed E-state index contributed by atoms with van der Waals surface area (Å²) in [4.78, 5) is 24.9. The van der Waals surface area contributed by atoms with Gasteiger partial charge in [0.05, 0.1) is 10.9 Å². The van der Waals surface area contributed by atoms with Crippen molar-refractivity contribution in [1.29, 1.82) is 0 Å². The smallest absolute Gasteiger partial charge is 0.259 e. The van der Waals surface area contributed by atoms with Gasteiger partial charge in [0, 0.05) is 30.0 Å². The molecule has 1 aromatic carbocycles. The van der Waals surface area contributed by atoms with E-state index in [4.69, 9.17) is 9.72 Å². The van der Waals surface area contributed by atoms with E-state index in [1.165, 1.54) is 0 Å². The van der Waals surface area contributed by atoms with Gasteiger partial charge in [-0.15, -0.1) is 23.7 Å². The molecule has 0 fully saturated rings. The van der Waals surface area contributed by atoms with E-state index in [2.05, 4.69) is 21.4 Å². The number of aromatic amines is 1. The van der Waals surface area contributed by atoms with Gasteiger partial charge >= 0.3 is 0 Å². The molecule has 4 rings (SSSR count). The molecule has 6 nitrogen and oxygen atoms in total. The van der Waals surface area contributed by atoms with Crippen molar-refractivity contribution in [1.82, 2.24) is 20.3 Å². The van der Waals surface area contributed by atoms with Crippen LogP contribution in [-0.2, 0) is 11.2 Å². The fraction of sp³-hybridized carbons (Fsp3) is 0.318. The Morgan fingerprint density at radius 3 is 2.93 bits per heavy atom. The van der Waals surface area contributed by atoms with E-state index in [9.17, 15) is 4.79 Å². The van der Waals surface area contributed by atoms with Gasteiger partial charge in [0.2, 0.25) is 0 Å². The van der Waals surface area contributed by atoms with Gasteiger partial charge in [-0.05, 0) is 67.6 Å². The lowest BCUT2D eigenvalue weighted by molar-refractivity contribution is 0.194. The van der Waals surface area contributed by atoms with Crippen LogP contribution in [0.3, 0.4) is 0 Å².